The number of carboxylic acid groups (broad SMARTS) is 1. The Labute approximate surface area is 95.0 Å². The Morgan fingerprint density at radius 1 is 1.38 bits per heavy atom. The number of nitrogens with one attached hydrogen (secondary N) is 2. The van der Waals surface area contributed by atoms with Crippen molar-refractivity contribution in [1.29, 1.82) is 0 Å². The SMILES string of the molecule is CC(C)(C)NC(=O)N[C@@H]1CCN(C(=O)O)C1. The van der Waals surface area contributed by atoms with Crippen LogP contribution < -0.4 is 10.6 Å². The summed E-state index contributed by atoms with van der Waals surface area (Å²) in [6, 6.07) is -0.330. The number of hydrogen-bond acceptors (Lipinski definition) is 2. The number of urea groups is 1. The van der Waals surface area contributed by atoms with Crippen molar-refractivity contribution in [2.75, 3.05) is 13.1 Å². The Kier molecular flexibility index (Phi) is 3.62. The van der Waals surface area contributed by atoms with Crippen LogP contribution in [0.15, 0.2) is 0 Å². The average molecular weight is 229 g/mol. The molecule has 1 rings (SSSR count). The van der Waals surface area contributed by atoms with Crippen molar-refractivity contribution in [3.05, 3.63) is 0 Å². The predicted octanol–water partition coefficient (Wildman–Crippen LogP) is 0.836. The fourth-order valence-corrected chi connectivity index (χ4v) is 1.61. The van der Waals surface area contributed by atoms with Gasteiger partial charge < -0.3 is 20.6 Å². The molecule has 92 valence electrons. The molecule has 1 saturated heterocycles. The fourth-order valence-electron chi connectivity index (χ4n) is 1.61. The first-order chi connectivity index (χ1) is 7.28. The van der Waals surface area contributed by atoms with Gasteiger partial charge in [-0.3, -0.25) is 0 Å². The number of carbonyl (C=O) groups excluding carboxylic acids is 1. The molecule has 0 radical (unpaired) electrons. The zero-order valence-electron chi connectivity index (χ0n) is 9.91. The molecule has 6 nitrogen and oxygen atoms in total. The van der Waals surface area contributed by atoms with Crippen molar-refractivity contribution in [2.45, 2.75) is 38.8 Å². The van der Waals surface area contributed by atoms with Gasteiger partial charge in [0.2, 0.25) is 0 Å². The van der Waals surface area contributed by atoms with E-state index < -0.39 is 6.09 Å². The van der Waals surface area contributed by atoms with E-state index in [-0.39, 0.29) is 17.6 Å². The molecule has 0 aromatic heterocycles. The first kappa shape index (κ1) is 12.6. The lowest BCUT2D eigenvalue weighted by atomic mass is 10.1. The molecule has 0 bridgehead atoms. The molecule has 0 spiro atoms. The molecule has 1 heterocycles. The zero-order chi connectivity index (χ0) is 12.3. The van der Waals surface area contributed by atoms with Crippen molar-refractivity contribution >= 4 is 12.1 Å². The minimum Gasteiger partial charge on any atom is -0.465 e. The van der Waals surface area contributed by atoms with Crippen molar-refractivity contribution in [1.82, 2.24) is 15.5 Å². The topological polar surface area (TPSA) is 81.7 Å². The number of amides is 3. The van der Waals surface area contributed by atoms with Gasteiger partial charge in [0.05, 0.1) is 0 Å². The standard InChI is InChI=1S/C10H19N3O3/c1-10(2,3)12-8(14)11-7-4-5-13(6-7)9(15)16/h7H,4-6H2,1-3H3,(H,15,16)(H2,11,12,14)/t7-/m1/s1. The minimum atomic E-state index is -0.930. The minimum absolute atomic E-state index is 0.0848. The lowest BCUT2D eigenvalue weighted by Gasteiger charge is -2.22. The molecule has 0 aromatic carbocycles. The molecule has 1 aliphatic heterocycles. The molecule has 0 unspecified atom stereocenters. The molecule has 1 atom stereocenters. The highest BCUT2D eigenvalue weighted by molar-refractivity contribution is 5.75. The molecular weight excluding hydrogens is 210 g/mol. The van der Waals surface area contributed by atoms with Crippen LogP contribution in [0, 0.1) is 0 Å². The van der Waals surface area contributed by atoms with Crippen molar-refractivity contribution < 1.29 is 14.7 Å². The van der Waals surface area contributed by atoms with Crippen LogP contribution in [0.25, 0.3) is 0 Å². The maximum Gasteiger partial charge on any atom is 0.407 e. The van der Waals surface area contributed by atoms with E-state index in [1.807, 2.05) is 20.8 Å². The second-order valence-corrected chi connectivity index (χ2v) is 5.06. The van der Waals surface area contributed by atoms with Crippen molar-refractivity contribution in [3.63, 3.8) is 0 Å². The molecule has 0 saturated carbocycles. The average Bonchev–Trinajstić information content (AvgIpc) is 2.48. The number of carbonyl (C=O) groups is 2. The molecule has 16 heavy (non-hydrogen) atoms. The van der Waals surface area contributed by atoms with E-state index in [1.165, 1.54) is 4.90 Å². The number of nitrogens with zero attached hydrogens (tertiary/aromatic N) is 1. The van der Waals surface area contributed by atoms with Gasteiger partial charge in [-0.2, -0.15) is 0 Å². The normalized spacial score (nSPS) is 20.7. The third kappa shape index (κ3) is 3.96. The molecule has 3 amide bonds. The largest absolute Gasteiger partial charge is 0.465 e. The second-order valence-electron chi connectivity index (χ2n) is 5.06. The number of likely N-dealkylation sites (tertiary alicyclic amines) is 1. The summed E-state index contributed by atoms with van der Waals surface area (Å²) < 4.78 is 0. The van der Waals surface area contributed by atoms with Gasteiger partial charge >= 0.3 is 12.1 Å². The maximum atomic E-state index is 11.5. The van der Waals surface area contributed by atoms with Crippen molar-refractivity contribution in [3.8, 4) is 0 Å². The first-order valence-electron chi connectivity index (χ1n) is 5.34. The molecule has 6 heteroatoms. The third-order valence-electron chi connectivity index (χ3n) is 2.28. The van der Waals surface area contributed by atoms with Crippen molar-refractivity contribution in [2.24, 2.45) is 0 Å². The highest BCUT2D eigenvalue weighted by Gasteiger charge is 2.27. The lowest BCUT2D eigenvalue weighted by Crippen LogP contribution is -2.50. The van der Waals surface area contributed by atoms with Crippen LogP contribution in [0.1, 0.15) is 27.2 Å². The molecular formula is C10H19N3O3. The van der Waals surface area contributed by atoms with Crippen LogP contribution in [0.2, 0.25) is 0 Å². The van der Waals surface area contributed by atoms with E-state index in [1.54, 1.807) is 0 Å². The second kappa shape index (κ2) is 4.59. The Morgan fingerprint density at radius 2 is 2.00 bits per heavy atom. The van der Waals surface area contributed by atoms with Gasteiger partial charge in [-0.1, -0.05) is 0 Å². The number of rotatable bonds is 1. The third-order valence-corrected chi connectivity index (χ3v) is 2.28. The van der Waals surface area contributed by atoms with E-state index >= 15 is 0 Å². The Hall–Kier alpha value is -1.46. The van der Waals surface area contributed by atoms with E-state index in [0.717, 1.165) is 0 Å². The van der Waals surface area contributed by atoms with E-state index in [0.29, 0.717) is 19.5 Å². The summed E-state index contributed by atoms with van der Waals surface area (Å²) in [4.78, 5) is 23.5. The number of hydrogen-bond donors (Lipinski definition) is 3. The van der Waals surface area contributed by atoms with E-state index in [4.69, 9.17) is 5.11 Å². The van der Waals surface area contributed by atoms with Crippen LogP contribution in [-0.4, -0.2) is 46.8 Å². The van der Waals surface area contributed by atoms with Gasteiger partial charge in [0.15, 0.2) is 0 Å². The summed E-state index contributed by atoms with van der Waals surface area (Å²) >= 11 is 0. The summed E-state index contributed by atoms with van der Waals surface area (Å²) in [7, 11) is 0. The van der Waals surface area contributed by atoms with Crippen LogP contribution in [0.4, 0.5) is 9.59 Å². The summed E-state index contributed by atoms with van der Waals surface area (Å²) in [5.74, 6) is 0. The van der Waals surface area contributed by atoms with E-state index in [2.05, 4.69) is 10.6 Å². The smallest absolute Gasteiger partial charge is 0.407 e. The predicted molar refractivity (Wildman–Crippen MR) is 59.4 cm³/mol. The van der Waals surface area contributed by atoms with Crippen LogP contribution in [-0.2, 0) is 0 Å². The van der Waals surface area contributed by atoms with Gasteiger partial charge in [-0.05, 0) is 27.2 Å². The monoisotopic (exact) mass is 229 g/mol. The van der Waals surface area contributed by atoms with Gasteiger partial charge in [-0.25, -0.2) is 9.59 Å². The van der Waals surface area contributed by atoms with Crippen LogP contribution >= 0.6 is 0 Å². The van der Waals surface area contributed by atoms with Crippen LogP contribution in [0.3, 0.4) is 0 Å². The maximum absolute atomic E-state index is 11.5. The van der Waals surface area contributed by atoms with Gasteiger partial charge in [-0.15, -0.1) is 0 Å². The quantitative estimate of drug-likeness (QED) is 0.623. The summed E-state index contributed by atoms with van der Waals surface area (Å²) in [6.45, 7) is 6.53. The van der Waals surface area contributed by atoms with E-state index in [9.17, 15) is 9.59 Å². The summed E-state index contributed by atoms with van der Waals surface area (Å²) in [5, 5.41) is 14.3. The van der Waals surface area contributed by atoms with Crippen LogP contribution in [0.5, 0.6) is 0 Å². The molecule has 0 aliphatic carbocycles. The molecule has 0 aromatic rings. The van der Waals surface area contributed by atoms with Gasteiger partial charge in [0.1, 0.15) is 0 Å². The summed E-state index contributed by atoms with van der Waals surface area (Å²) in [5.41, 5.74) is -0.283. The molecule has 3 N–H and O–H groups in total. The first-order valence-corrected chi connectivity index (χ1v) is 5.34. The van der Waals surface area contributed by atoms with Gasteiger partial charge in [0, 0.05) is 24.7 Å². The Balaban J connectivity index is 2.34. The highest BCUT2D eigenvalue weighted by atomic mass is 16.4. The molecule has 1 fully saturated rings. The lowest BCUT2D eigenvalue weighted by molar-refractivity contribution is 0.154. The molecule has 1 aliphatic rings. The zero-order valence-corrected chi connectivity index (χ0v) is 9.91. The fraction of sp³-hybridized carbons (Fsp3) is 0.800. The Bertz CT molecular complexity index is 286. The van der Waals surface area contributed by atoms with Gasteiger partial charge in [0.25, 0.3) is 0 Å². The Morgan fingerprint density at radius 3 is 2.44 bits per heavy atom. The highest BCUT2D eigenvalue weighted by Crippen LogP contribution is 2.09. The summed E-state index contributed by atoms with van der Waals surface area (Å²) in [6.07, 6.45) is -0.260.